The Labute approximate surface area is 82.5 Å². The molecule has 2 rings (SSSR count). The van der Waals surface area contributed by atoms with Gasteiger partial charge in [-0.25, -0.2) is 4.79 Å². The second-order valence-electron chi connectivity index (χ2n) is 3.86. The zero-order valence-electron chi connectivity index (χ0n) is 8.16. The van der Waals surface area contributed by atoms with E-state index in [9.17, 15) is 9.90 Å². The number of aliphatic hydroxyl groups is 1. The highest BCUT2D eigenvalue weighted by Gasteiger charge is 2.46. The van der Waals surface area contributed by atoms with Crippen LogP contribution in [0.4, 0.5) is 0 Å². The minimum absolute atomic E-state index is 0.266. The maximum atomic E-state index is 11.1. The zero-order valence-corrected chi connectivity index (χ0v) is 8.16. The van der Waals surface area contributed by atoms with Crippen molar-refractivity contribution in [3.63, 3.8) is 0 Å². The SMILES string of the molecule is COC1=CC(=O)OC12CCC(O)CC2. The Morgan fingerprint density at radius 1 is 1.57 bits per heavy atom. The van der Waals surface area contributed by atoms with Crippen LogP contribution in [0.25, 0.3) is 0 Å². The molecular formula is C10H14O4. The largest absolute Gasteiger partial charge is 0.497 e. The molecule has 1 heterocycles. The van der Waals surface area contributed by atoms with E-state index < -0.39 is 5.60 Å². The quantitative estimate of drug-likeness (QED) is 0.631. The van der Waals surface area contributed by atoms with Crippen LogP contribution < -0.4 is 0 Å². The predicted molar refractivity (Wildman–Crippen MR) is 48.4 cm³/mol. The van der Waals surface area contributed by atoms with Gasteiger partial charge in [-0.15, -0.1) is 0 Å². The second-order valence-corrected chi connectivity index (χ2v) is 3.86. The second kappa shape index (κ2) is 3.28. The fourth-order valence-electron chi connectivity index (χ4n) is 2.17. The molecule has 1 spiro atoms. The van der Waals surface area contributed by atoms with Crippen molar-refractivity contribution in [3.8, 4) is 0 Å². The third kappa shape index (κ3) is 1.39. The molecule has 0 saturated heterocycles. The molecule has 4 heteroatoms. The highest BCUT2D eigenvalue weighted by Crippen LogP contribution is 2.41. The van der Waals surface area contributed by atoms with Crippen LogP contribution in [-0.2, 0) is 14.3 Å². The molecular weight excluding hydrogens is 184 g/mol. The summed E-state index contributed by atoms with van der Waals surface area (Å²) in [6.45, 7) is 0. The minimum Gasteiger partial charge on any atom is -0.497 e. The van der Waals surface area contributed by atoms with Crippen LogP contribution in [0, 0.1) is 0 Å². The van der Waals surface area contributed by atoms with Crippen molar-refractivity contribution in [1.82, 2.24) is 0 Å². The Bertz CT molecular complexity index is 274. The zero-order chi connectivity index (χ0) is 10.2. The van der Waals surface area contributed by atoms with Crippen LogP contribution in [0.2, 0.25) is 0 Å². The van der Waals surface area contributed by atoms with Crippen LogP contribution in [0.15, 0.2) is 11.8 Å². The highest BCUT2D eigenvalue weighted by atomic mass is 16.6. The maximum absolute atomic E-state index is 11.1. The van der Waals surface area contributed by atoms with E-state index in [4.69, 9.17) is 9.47 Å². The number of ether oxygens (including phenoxy) is 2. The summed E-state index contributed by atoms with van der Waals surface area (Å²) < 4.78 is 10.4. The molecule has 0 aromatic heterocycles. The average molecular weight is 198 g/mol. The Balaban J connectivity index is 2.17. The monoisotopic (exact) mass is 198 g/mol. The molecule has 2 aliphatic rings. The van der Waals surface area contributed by atoms with Crippen LogP contribution in [0.3, 0.4) is 0 Å². The van der Waals surface area contributed by atoms with Gasteiger partial charge in [-0.05, 0) is 25.7 Å². The lowest BCUT2D eigenvalue weighted by atomic mass is 9.82. The first-order valence-corrected chi connectivity index (χ1v) is 4.83. The first kappa shape index (κ1) is 9.52. The normalized spacial score (nSPS) is 36.9. The highest BCUT2D eigenvalue weighted by molar-refractivity contribution is 5.86. The Morgan fingerprint density at radius 2 is 2.21 bits per heavy atom. The van der Waals surface area contributed by atoms with Gasteiger partial charge in [-0.2, -0.15) is 0 Å². The molecule has 0 bridgehead atoms. The molecule has 1 aliphatic carbocycles. The van der Waals surface area contributed by atoms with Gasteiger partial charge in [0.15, 0.2) is 5.60 Å². The molecule has 14 heavy (non-hydrogen) atoms. The summed E-state index contributed by atoms with van der Waals surface area (Å²) in [5.41, 5.74) is -0.578. The number of rotatable bonds is 1. The molecule has 0 atom stereocenters. The third-order valence-corrected chi connectivity index (χ3v) is 2.98. The van der Waals surface area contributed by atoms with Gasteiger partial charge >= 0.3 is 5.97 Å². The van der Waals surface area contributed by atoms with Gasteiger partial charge in [0.05, 0.1) is 19.3 Å². The first-order chi connectivity index (χ1) is 6.66. The van der Waals surface area contributed by atoms with Crippen LogP contribution >= 0.6 is 0 Å². The Morgan fingerprint density at radius 3 is 2.79 bits per heavy atom. The molecule has 0 radical (unpaired) electrons. The van der Waals surface area contributed by atoms with Crippen LogP contribution in [-0.4, -0.2) is 29.9 Å². The molecule has 1 aliphatic heterocycles. The summed E-state index contributed by atoms with van der Waals surface area (Å²) in [5.74, 6) is 0.271. The molecule has 1 fully saturated rings. The molecule has 0 unspecified atom stereocenters. The van der Waals surface area contributed by atoms with Crippen molar-refractivity contribution < 1.29 is 19.4 Å². The maximum Gasteiger partial charge on any atom is 0.335 e. The summed E-state index contributed by atoms with van der Waals surface area (Å²) in [6.07, 6.45) is 3.76. The minimum atomic E-state index is -0.578. The molecule has 1 N–H and O–H groups in total. The number of aliphatic hydroxyl groups excluding tert-OH is 1. The summed E-state index contributed by atoms with van der Waals surface area (Å²) in [7, 11) is 1.54. The standard InChI is InChI=1S/C10H14O4/c1-13-8-6-9(12)14-10(8)4-2-7(11)3-5-10/h6-7,11H,2-5H2,1H3. The van der Waals surface area contributed by atoms with E-state index in [1.807, 2.05) is 0 Å². The van der Waals surface area contributed by atoms with Gasteiger partial charge < -0.3 is 14.6 Å². The average Bonchev–Trinajstić information content (AvgIpc) is 2.48. The molecule has 0 aromatic rings. The predicted octanol–water partition coefficient (Wildman–Crippen LogP) is 0.747. The molecule has 0 amide bonds. The topological polar surface area (TPSA) is 55.8 Å². The number of esters is 1. The fourth-order valence-corrected chi connectivity index (χ4v) is 2.17. The van der Waals surface area contributed by atoms with Gasteiger partial charge in [-0.3, -0.25) is 0 Å². The van der Waals surface area contributed by atoms with E-state index in [0.29, 0.717) is 31.4 Å². The Kier molecular flexibility index (Phi) is 2.23. The third-order valence-electron chi connectivity index (χ3n) is 2.98. The van der Waals surface area contributed by atoms with Gasteiger partial charge in [0.25, 0.3) is 0 Å². The van der Waals surface area contributed by atoms with E-state index in [-0.39, 0.29) is 12.1 Å². The molecule has 4 nitrogen and oxygen atoms in total. The van der Waals surface area contributed by atoms with Gasteiger partial charge in [-0.1, -0.05) is 0 Å². The van der Waals surface area contributed by atoms with Crippen molar-refractivity contribution in [2.24, 2.45) is 0 Å². The van der Waals surface area contributed by atoms with Crippen molar-refractivity contribution >= 4 is 5.97 Å². The summed E-state index contributed by atoms with van der Waals surface area (Å²) >= 11 is 0. The van der Waals surface area contributed by atoms with Crippen LogP contribution in [0.1, 0.15) is 25.7 Å². The molecule has 1 saturated carbocycles. The van der Waals surface area contributed by atoms with Crippen molar-refractivity contribution in [3.05, 3.63) is 11.8 Å². The van der Waals surface area contributed by atoms with E-state index >= 15 is 0 Å². The van der Waals surface area contributed by atoms with Gasteiger partial charge in [0.2, 0.25) is 0 Å². The lowest BCUT2D eigenvalue weighted by Crippen LogP contribution is -2.38. The number of methoxy groups -OCH3 is 1. The van der Waals surface area contributed by atoms with E-state index in [0.717, 1.165) is 0 Å². The van der Waals surface area contributed by atoms with Crippen LogP contribution in [0.5, 0.6) is 0 Å². The van der Waals surface area contributed by atoms with Crippen molar-refractivity contribution in [1.29, 1.82) is 0 Å². The number of carbonyl (C=O) groups excluding carboxylic acids is 1. The number of hydrogen-bond donors (Lipinski definition) is 1. The lowest BCUT2D eigenvalue weighted by Gasteiger charge is -2.35. The fraction of sp³-hybridized carbons (Fsp3) is 0.700. The van der Waals surface area contributed by atoms with Gasteiger partial charge in [0, 0.05) is 0 Å². The summed E-state index contributed by atoms with van der Waals surface area (Å²) in [6, 6.07) is 0. The smallest absolute Gasteiger partial charge is 0.335 e. The first-order valence-electron chi connectivity index (χ1n) is 4.83. The van der Waals surface area contributed by atoms with Crippen molar-refractivity contribution in [2.45, 2.75) is 37.4 Å². The lowest BCUT2D eigenvalue weighted by molar-refractivity contribution is -0.152. The van der Waals surface area contributed by atoms with Crippen molar-refractivity contribution in [2.75, 3.05) is 7.11 Å². The summed E-state index contributed by atoms with van der Waals surface area (Å²) in [4.78, 5) is 11.1. The van der Waals surface area contributed by atoms with E-state index in [1.54, 1.807) is 7.11 Å². The van der Waals surface area contributed by atoms with Gasteiger partial charge in [0.1, 0.15) is 5.76 Å². The molecule has 0 aromatic carbocycles. The number of hydrogen-bond acceptors (Lipinski definition) is 4. The Hall–Kier alpha value is -1.03. The van der Waals surface area contributed by atoms with E-state index in [2.05, 4.69) is 0 Å². The number of carbonyl (C=O) groups is 1. The van der Waals surface area contributed by atoms with E-state index in [1.165, 1.54) is 6.08 Å². The molecule has 78 valence electrons. The summed E-state index contributed by atoms with van der Waals surface area (Å²) in [5, 5.41) is 9.38.